The largest absolute Gasteiger partial charge is 0.379 e. The first-order chi connectivity index (χ1) is 25.8. The van der Waals surface area contributed by atoms with E-state index in [9.17, 15) is 26.4 Å². The Kier molecular flexibility index (Phi) is 11.0. The fourth-order valence-electron chi connectivity index (χ4n) is 5.03. The fourth-order valence-corrected chi connectivity index (χ4v) is 6.89. The van der Waals surface area contributed by atoms with Crippen molar-refractivity contribution < 1.29 is 34.8 Å². The Bertz CT molecular complexity index is 2300. The molecule has 6 aromatic carbocycles. The van der Waals surface area contributed by atoms with Crippen LogP contribution in [0.4, 0.5) is 32.3 Å². The van der Waals surface area contributed by atoms with Crippen molar-refractivity contribution in [3.8, 4) is 22.6 Å². The molecule has 274 valence electrons. The van der Waals surface area contributed by atoms with Gasteiger partial charge in [-0.05, 0) is 122 Å². The van der Waals surface area contributed by atoms with Gasteiger partial charge >= 0.3 is 32.3 Å². The number of carbonyl (C=O) groups is 2. The Labute approximate surface area is 313 Å². The number of benzene rings is 6. The van der Waals surface area contributed by atoms with E-state index in [0.29, 0.717) is 33.9 Å². The lowest BCUT2D eigenvalue weighted by Crippen LogP contribution is -2.19. The number of amides is 4. The monoisotopic (exact) mass is 762 g/mol. The number of hydrogen-bond donors (Lipinski definition) is 4. The Morgan fingerprint density at radius 3 is 0.926 bits per heavy atom. The van der Waals surface area contributed by atoms with Crippen molar-refractivity contribution in [3.05, 3.63) is 157 Å². The molecule has 0 unspecified atom stereocenters. The average molecular weight is 763 g/mol. The summed E-state index contributed by atoms with van der Waals surface area (Å²) >= 11 is 0. The summed E-state index contributed by atoms with van der Waals surface area (Å²) in [7, 11) is -8.38. The van der Waals surface area contributed by atoms with Crippen LogP contribution in [-0.2, 0) is 20.2 Å². The van der Waals surface area contributed by atoms with E-state index in [4.69, 9.17) is 8.37 Å². The average Bonchev–Trinajstić information content (AvgIpc) is 3.15. The van der Waals surface area contributed by atoms with Crippen LogP contribution in [0.1, 0.15) is 11.1 Å². The molecule has 0 saturated carbocycles. The van der Waals surface area contributed by atoms with Crippen LogP contribution in [0, 0.1) is 13.8 Å². The predicted molar refractivity (Wildman–Crippen MR) is 208 cm³/mol. The van der Waals surface area contributed by atoms with Gasteiger partial charge in [0, 0.05) is 22.7 Å². The summed E-state index contributed by atoms with van der Waals surface area (Å²) < 4.78 is 62.5. The molecule has 0 heterocycles. The lowest BCUT2D eigenvalue weighted by molar-refractivity contribution is 0.261. The van der Waals surface area contributed by atoms with Gasteiger partial charge in [-0.15, -0.1) is 0 Å². The van der Waals surface area contributed by atoms with Gasteiger partial charge in [-0.3, -0.25) is 0 Å². The number of hydrogen-bond acceptors (Lipinski definition) is 8. The lowest BCUT2D eigenvalue weighted by Gasteiger charge is -2.11. The van der Waals surface area contributed by atoms with Gasteiger partial charge in [0.1, 0.15) is 21.3 Å². The quantitative estimate of drug-likeness (QED) is 0.0950. The first-order valence-electron chi connectivity index (χ1n) is 16.4. The number of nitrogens with one attached hydrogen (secondary N) is 4. The summed E-state index contributed by atoms with van der Waals surface area (Å²) in [6.45, 7) is 3.89. The second kappa shape index (κ2) is 15.9. The summed E-state index contributed by atoms with van der Waals surface area (Å²) in [5, 5.41) is 10.8. The van der Waals surface area contributed by atoms with E-state index in [1.165, 1.54) is 72.8 Å². The van der Waals surface area contributed by atoms with Crippen LogP contribution in [-0.4, -0.2) is 28.9 Å². The van der Waals surface area contributed by atoms with E-state index >= 15 is 0 Å². The Morgan fingerprint density at radius 1 is 0.389 bits per heavy atom. The summed E-state index contributed by atoms with van der Waals surface area (Å²) in [6, 6.07) is 37.3. The second-order valence-corrected chi connectivity index (χ2v) is 15.2. The molecular formula is C40H34N4O8S2. The number of carbonyl (C=O) groups excluding carboxylic acids is 2. The highest BCUT2D eigenvalue weighted by Crippen LogP contribution is 2.27. The first-order valence-corrected chi connectivity index (χ1v) is 19.2. The van der Waals surface area contributed by atoms with Crippen molar-refractivity contribution in [2.24, 2.45) is 0 Å². The van der Waals surface area contributed by atoms with Crippen molar-refractivity contribution in [2.45, 2.75) is 23.6 Å². The van der Waals surface area contributed by atoms with Gasteiger partial charge in [0.25, 0.3) is 0 Å². The predicted octanol–water partition coefficient (Wildman–Crippen LogP) is 8.79. The summed E-state index contributed by atoms with van der Waals surface area (Å²) in [4.78, 5) is 24.4. The van der Waals surface area contributed by atoms with Crippen LogP contribution in [0.3, 0.4) is 0 Å². The standard InChI is InChI=1S/C40H34N4O8S2/c1-27-3-11-31(12-4-27)41-39(45)43-33-15-19-35(20-16-33)51-53(47,48)37-23-7-29(8-24-37)30-9-25-38(26-10-30)54(49,50)52-36-21-17-34(18-22-36)44-40(46)42-32-13-5-28(2)6-14-32/h3-26H,1-2H3,(H2,41,43,45)(H2,42,44,46). The van der Waals surface area contributed by atoms with E-state index in [1.54, 1.807) is 48.5 Å². The number of anilines is 4. The molecule has 12 nitrogen and oxygen atoms in total. The molecule has 0 aliphatic heterocycles. The smallest absolute Gasteiger partial charge is 0.339 e. The van der Waals surface area contributed by atoms with Crippen LogP contribution in [0.25, 0.3) is 11.1 Å². The maximum Gasteiger partial charge on any atom is 0.339 e. The van der Waals surface area contributed by atoms with Crippen molar-refractivity contribution in [1.82, 2.24) is 0 Å². The molecule has 0 bridgehead atoms. The van der Waals surface area contributed by atoms with Crippen LogP contribution in [0.15, 0.2) is 155 Å². The van der Waals surface area contributed by atoms with Gasteiger partial charge in [-0.1, -0.05) is 59.7 Å². The van der Waals surface area contributed by atoms with Crippen molar-refractivity contribution in [3.63, 3.8) is 0 Å². The molecule has 0 atom stereocenters. The molecule has 6 rings (SSSR count). The number of urea groups is 2. The maximum absolute atomic E-state index is 13.0. The Hall–Kier alpha value is -6.64. The van der Waals surface area contributed by atoms with Crippen LogP contribution in [0.2, 0.25) is 0 Å². The van der Waals surface area contributed by atoms with E-state index in [1.807, 2.05) is 38.1 Å². The second-order valence-electron chi connectivity index (χ2n) is 12.1. The third-order valence-electron chi connectivity index (χ3n) is 7.87. The highest BCUT2D eigenvalue weighted by Gasteiger charge is 2.19. The molecule has 0 radical (unpaired) electrons. The van der Waals surface area contributed by atoms with Gasteiger partial charge in [-0.2, -0.15) is 16.8 Å². The molecule has 0 fully saturated rings. The maximum atomic E-state index is 13.0. The molecule has 0 aliphatic carbocycles. The van der Waals surface area contributed by atoms with E-state index in [2.05, 4.69) is 21.3 Å². The van der Waals surface area contributed by atoms with Crippen molar-refractivity contribution >= 4 is 55.0 Å². The molecule has 4 amide bonds. The summed E-state index contributed by atoms with van der Waals surface area (Å²) in [6.07, 6.45) is 0. The zero-order valence-electron chi connectivity index (χ0n) is 28.9. The van der Waals surface area contributed by atoms with E-state index in [0.717, 1.165) is 11.1 Å². The van der Waals surface area contributed by atoms with Crippen LogP contribution < -0.4 is 29.6 Å². The molecule has 6 aromatic rings. The third kappa shape index (κ3) is 9.82. The van der Waals surface area contributed by atoms with Gasteiger partial charge in [0.15, 0.2) is 0 Å². The minimum absolute atomic E-state index is 0.0523. The SMILES string of the molecule is Cc1ccc(NC(=O)Nc2ccc(OS(=O)(=O)c3ccc(-c4ccc(S(=O)(=O)Oc5ccc(NC(=O)Nc6ccc(C)cc6)cc5)cc4)cc3)cc2)cc1. The zero-order valence-corrected chi connectivity index (χ0v) is 30.6. The number of aryl methyl sites for hydroxylation is 2. The molecule has 0 aliphatic rings. The van der Waals surface area contributed by atoms with Crippen LogP contribution in [0.5, 0.6) is 11.5 Å². The Morgan fingerprint density at radius 2 is 0.648 bits per heavy atom. The van der Waals surface area contributed by atoms with Gasteiger partial charge in [0.2, 0.25) is 0 Å². The summed E-state index contributed by atoms with van der Waals surface area (Å²) in [5.41, 5.74) is 5.51. The van der Waals surface area contributed by atoms with Gasteiger partial charge < -0.3 is 29.6 Å². The molecule has 0 aromatic heterocycles. The summed E-state index contributed by atoms with van der Waals surface area (Å²) in [5.74, 6) is 0.105. The first kappa shape index (κ1) is 37.1. The lowest BCUT2D eigenvalue weighted by atomic mass is 10.1. The van der Waals surface area contributed by atoms with E-state index in [-0.39, 0.29) is 21.3 Å². The minimum Gasteiger partial charge on any atom is -0.379 e. The third-order valence-corrected chi connectivity index (χ3v) is 10.4. The fraction of sp³-hybridized carbons (Fsp3) is 0.0500. The minimum atomic E-state index is -4.19. The van der Waals surface area contributed by atoms with Crippen molar-refractivity contribution in [1.29, 1.82) is 0 Å². The molecule has 4 N–H and O–H groups in total. The van der Waals surface area contributed by atoms with E-state index < -0.39 is 32.3 Å². The molecular weight excluding hydrogens is 729 g/mol. The molecule has 0 spiro atoms. The van der Waals surface area contributed by atoms with Crippen LogP contribution >= 0.6 is 0 Å². The zero-order chi connectivity index (χ0) is 38.3. The Balaban J connectivity index is 1.02. The normalized spacial score (nSPS) is 11.2. The topological polar surface area (TPSA) is 169 Å². The van der Waals surface area contributed by atoms with Gasteiger partial charge in [-0.25, -0.2) is 9.59 Å². The highest BCUT2D eigenvalue weighted by molar-refractivity contribution is 7.87. The molecule has 54 heavy (non-hydrogen) atoms. The van der Waals surface area contributed by atoms with Crippen molar-refractivity contribution in [2.75, 3.05) is 21.3 Å². The molecule has 0 saturated heterocycles. The number of rotatable bonds is 11. The molecule has 14 heteroatoms. The highest BCUT2D eigenvalue weighted by atomic mass is 32.2. The van der Waals surface area contributed by atoms with Gasteiger partial charge in [0.05, 0.1) is 0 Å².